The predicted molar refractivity (Wildman–Crippen MR) is 85.5 cm³/mol. The fourth-order valence-electron chi connectivity index (χ4n) is 2.44. The Morgan fingerprint density at radius 3 is 2.52 bits per heavy atom. The van der Waals surface area contributed by atoms with E-state index in [0.717, 1.165) is 18.4 Å². The summed E-state index contributed by atoms with van der Waals surface area (Å²) >= 11 is 0. The summed E-state index contributed by atoms with van der Waals surface area (Å²) in [7, 11) is -3.46. The molecule has 118 valence electrons. The lowest BCUT2D eigenvalue weighted by Crippen LogP contribution is -2.45. The molecular formula is C16H26N2O2S. The van der Waals surface area contributed by atoms with Crippen molar-refractivity contribution >= 4 is 10.0 Å². The Balaban J connectivity index is 2.14. The van der Waals surface area contributed by atoms with Gasteiger partial charge in [0.1, 0.15) is 0 Å². The Morgan fingerprint density at radius 1 is 1.29 bits per heavy atom. The van der Waals surface area contributed by atoms with Crippen LogP contribution in [0.5, 0.6) is 0 Å². The van der Waals surface area contributed by atoms with Crippen LogP contribution >= 0.6 is 0 Å². The van der Waals surface area contributed by atoms with E-state index in [9.17, 15) is 8.42 Å². The van der Waals surface area contributed by atoms with Crippen molar-refractivity contribution in [2.45, 2.75) is 63.6 Å². The van der Waals surface area contributed by atoms with Crippen LogP contribution in [-0.4, -0.2) is 20.0 Å². The minimum atomic E-state index is -3.46. The van der Waals surface area contributed by atoms with Crippen molar-refractivity contribution in [1.82, 2.24) is 10.0 Å². The van der Waals surface area contributed by atoms with Crippen LogP contribution in [0.15, 0.2) is 29.2 Å². The van der Waals surface area contributed by atoms with Crippen LogP contribution in [0.2, 0.25) is 0 Å². The van der Waals surface area contributed by atoms with E-state index >= 15 is 0 Å². The Hall–Kier alpha value is -0.910. The third-order valence-corrected chi connectivity index (χ3v) is 5.59. The molecule has 0 aromatic heterocycles. The summed E-state index contributed by atoms with van der Waals surface area (Å²) in [4.78, 5) is 0.347. The first-order valence-electron chi connectivity index (χ1n) is 7.57. The van der Waals surface area contributed by atoms with Crippen molar-refractivity contribution in [1.29, 1.82) is 0 Å². The fourth-order valence-corrected chi connectivity index (χ4v) is 3.98. The molecule has 0 unspecified atom stereocenters. The van der Waals surface area contributed by atoms with Crippen LogP contribution in [0.1, 0.15) is 46.1 Å². The van der Waals surface area contributed by atoms with Crippen LogP contribution in [-0.2, 0) is 16.6 Å². The Morgan fingerprint density at radius 2 is 1.95 bits per heavy atom. The van der Waals surface area contributed by atoms with Crippen LogP contribution in [0.4, 0.5) is 0 Å². The maximum Gasteiger partial charge on any atom is 0.241 e. The molecule has 1 fully saturated rings. The molecule has 0 amide bonds. The Bertz CT molecular complexity index is 590. The molecule has 1 saturated carbocycles. The highest BCUT2D eigenvalue weighted by atomic mass is 32.2. The topological polar surface area (TPSA) is 58.2 Å². The van der Waals surface area contributed by atoms with Crippen molar-refractivity contribution in [3.63, 3.8) is 0 Å². The van der Waals surface area contributed by atoms with E-state index in [0.29, 0.717) is 23.4 Å². The number of hydrogen-bond acceptors (Lipinski definition) is 3. The summed E-state index contributed by atoms with van der Waals surface area (Å²) in [5, 5.41) is 3.30. The molecule has 1 aromatic rings. The van der Waals surface area contributed by atoms with Crippen molar-refractivity contribution in [3.05, 3.63) is 29.8 Å². The first-order valence-corrected chi connectivity index (χ1v) is 9.05. The molecule has 21 heavy (non-hydrogen) atoms. The monoisotopic (exact) mass is 310 g/mol. The molecule has 5 heteroatoms. The molecule has 1 aromatic carbocycles. The summed E-state index contributed by atoms with van der Waals surface area (Å²) in [6.45, 7) is 8.74. The van der Waals surface area contributed by atoms with E-state index in [1.54, 1.807) is 18.2 Å². The smallest absolute Gasteiger partial charge is 0.241 e. The quantitative estimate of drug-likeness (QED) is 0.814. The summed E-state index contributed by atoms with van der Waals surface area (Å²) in [6, 6.07) is 7.53. The number of nitrogens with one attached hydrogen (secondary N) is 2. The third kappa shape index (κ3) is 4.53. The zero-order valence-corrected chi connectivity index (χ0v) is 14.1. The highest BCUT2D eigenvalue weighted by molar-refractivity contribution is 7.89. The lowest BCUT2D eigenvalue weighted by Gasteiger charge is -2.25. The second-order valence-electron chi connectivity index (χ2n) is 6.78. The molecule has 1 aliphatic carbocycles. The van der Waals surface area contributed by atoms with Gasteiger partial charge in [-0.15, -0.1) is 0 Å². The molecule has 0 radical (unpaired) electrons. The third-order valence-electron chi connectivity index (χ3n) is 3.92. The molecule has 0 atom stereocenters. The van der Waals surface area contributed by atoms with Gasteiger partial charge >= 0.3 is 0 Å². The summed E-state index contributed by atoms with van der Waals surface area (Å²) < 4.78 is 27.9. The minimum Gasteiger partial charge on any atom is -0.310 e. The molecule has 2 rings (SSSR count). The van der Waals surface area contributed by atoms with E-state index in [4.69, 9.17) is 0 Å². The Kier molecular flexibility index (Phi) is 4.76. The molecular weight excluding hydrogens is 284 g/mol. The number of rotatable bonds is 7. The maximum atomic E-state index is 12.5. The first kappa shape index (κ1) is 16.5. The number of sulfonamides is 1. The van der Waals surface area contributed by atoms with E-state index in [1.165, 1.54) is 0 Å². The number of benzene rings is 1. The normalized spacial score (nSPS) is 16.4. The van der Waals surface area contributed by atoms with Gasteiger partial charge in [-0.05, 0) is 50.3 Å². The van der Waals surface area contributed by atoms with Crippen molar-refractivity contribution in [2.75, 3.05) is 0 Å². The lowest BCUT2D eigenvalue weighted by molar-refractivity contribution is 0.400. The van der Waals surface area contributed by atoms with Crippen LogP contribution in [0, 0.1) is 5.92 Å². The predicted octanol–water partition coefficient (Wildman–Crippen LogP) is 2.65. The SMILES string of the molecule is CC(C)NCc1cccc(S(=O)(=O)NC(C)(C)C2CC2)c1. The van der Waals surface area contributed by atoms with Crippen LogP contribution in [0.25, 0.3) is 0 Å². The van der Waals surface area contributed by atoms with Crippen molar-refractivity contribution < 1.29 is 8.42 Å². The van der Waals surface area contributed by atoms with Gasteiger partial charge in [0.05, 0.1) is 4.90 Å². The molecule has 0 aliphatic heterocycles. The van der Waals surface area contributed by atoms with Gasteiger partial charge in [0.15, 0.2) is 0 Å². The molecule has 0 bridgehead atoms. The molecule has 0 heterocycles. The largest absolute Gasteiger partial charge is 0.310 e. The van der Waals surface area contributed by atoms with Gasteiger partial charge in [-0.3, -0.25) is 0 Å². The average Bonchev–Trinajstić information content (AvgIpc) is 3.20. The highest BCUT2D eigenvalue weighted by Gasteiger charge is 2.40. The number of hydrogen-bond donors (Lipinski definition) is 2. The molecule has 1 aliphatic rings. The fraction of sp³-hybridized carbons (Fsp3) is 0.625. The summed E-state index contributed by atoms with van der Waals surface area (Å²) in [5.74, 6) is 0.457. The molecule has 0 saturated heterocycles. The second kappa shape index (κ2) is 6.07. The van der Waals surface area contributed by atoms with Gasteiger partial charge < -0.3 is 5.32 Å². The molecule has 4 nitrogen and oxygen atoms in total. The van der Waals surface area contributed by atoms with E-state index in [-0.39, 0.29) is 5.54 Å². The van der Waals surface area contributed by atoms with E-state index in [1.807, 2.05) is 19.9 Å². The van der Waals surface area contributed by atoms with Crippen LogP contribution < -0.4 is 10.0 Å². The maximum absolute atomic E-state index is 12.5. The van der Waals surface area contributed by atoms with Gasteiger partial charge in [-0.1, -0.05) is 26.0 Å². The van der Waals surface area contributed by atoms with Gasteiger partial charge in [-0.25, -0.2) is 13.1 Å². The van der Waals surface area contributed by atoms with Gasteiger partial charge in [0.2, 0.25) is 10.0 Å². The van der Waals surface area contributed by atoms with E-state index < -0.39 is 10.0 Å². The van der Waals surface area contributed by atoms with Crippen molar-refractivity contribution in [2.24, 2.45) is 5.92 Å². The second-order valence-corrected chi connectivity index (χ2v) is 8.47. The lowest BCUT2D eigenvalue weighted by atomic mass is 10.0. The van der Waals surface area contributed by atoms with Crippen LogP contribution in [0.3, 0.4) is 0 Å². The molecule has 0 spiro atoms. The zero-order chi connectivity index (χ0) is 15.7. The van der Waals surface area contributed by atoms with Gasteiger partial charge in [0.25, 0.3) is 0 Å². The first-order chi connectivity index (χ1) is 9.71. The average molecular weight is 310 g/mol. The highest BCUT2D eigenvalue weighted by Crippen LogP contribution is 2.39. The van der Waals surface area contributed by atoms with E-state index in [2.05, 4.69) is 23.9 Å². The van der Waals surface area contributed by atoms with Gasteiger partial charge in [-0.2, -0.15) is 0 Å². The minimum absolute atomic E-state index is 0.347. The van der Waals surface area contributed by atoms with Gasteiger partial charge in [0, 0.05) is 18.1 Å². The standard InChI is InChI=1S/C16H26N2O2S/c1-12(2)17-11-13-6-5-7-15(10-13)21(19,20)18-16(3,4)14-8-9-14/h5-7,10,12,14,17-18H,8-9,11H2,1-4H3. The summed E-state index contributed by atoms with van der Waals surface area (Å²) in [5.41, 5.74) is 0.612. The Labute approximate surface area is 128 Å². The summed E-state index contributed by atoms with van der Waals surface area (Å²) in [6.07, 6.45) is 2.21. The van der Waals surface area contributed by atoms with Crippen molar-refractivity contribution in [3.8, 4) is 0 Å². The molecule has 2 N–H and O–H groups in total. The zero-order valence-electron chi connectivity index (χ0n) is 13.3.